The van der Waals surface area contributed by atoms with Crippen molar-refractivity contribution >= 4 is 21.6 Å². The van der Waals surface area contributed by atoms with Crippen molar-refractivity contribution in [3.8, 4) is 0 Å². The summed E-state index contributed by atoms with van der Waals surface area (Å²) in [5.41, 5.74) is 1.90. The molecule has 1 aliphatic heterocycles. The molecule has 0 fully saturated rings. The predicted molar refractivity (Wildman–Crippen MR) is 108 cm³/mol. The molecule has 150 valence electrons. The molecular formula is C21H25FN2O3S. The number of nitrogens with one attached hydrogen (secondary N) is 1. The molecule has 0 bridgehead atoms. The molecule has 0 saturated heterocycles. The number of rotatable bonds is 6. The van der Waals surface area contributed by atoms with Crippen molar-refractivity contribution in [1.29, 1.82) is 0 Å². The predicted octanol–water partition coefficient (Wildman–Crippen LogP) is 3.88. The standard InChI is InChI=1S/C21H25FN2O3S/c1-4-5-14(2)23-21(25)16-6-11-20-17(13-16)12-15(3)24(20)28(26,27)19-9-7-18(22)8-10-19/h6-11,13-15H,4-5,12H2,1-3H3,(H,23,25)/t14-,15+/m0/s1. The molecule has 2 aromatic carbocycles. The normalized spacial score (nSPS) is 17.3. The maximum absolute atomic E-state index is 13.2. The zero-order valence-corrected chi connectivity index (χ0v) is 17.1. The summed E-state index contributed by atoms with van der Waals surface area (Å²) >= 11 is 0. The number of carbonyl (C=O) groups excluding carboxylic acids is 1. The second-order valence-corrected chi connectivity index (χ2v) is 9.13. The first-order chi connectivity index (χ1) is 13.2. The van der Waals surface area contributed by atoms with Gasteiger partial charge in [0.05, 0.1) is 10.6 Å². The Bertz CT molecular complexity index is 974. The van der Waals surface area contributed by atoms with Crippen molar-refractivity contribution in [2.75, 3.05) is 4.31 Å². The third kappa shape index (κ3) is 3.90. The van der Waals surface area contributed by atoms with E-state index in [-0.39, 0.29) is 22.9 Å². The van der Waals surface area contributed by atoms with Gasteiger partial charge in [0, 0.05) is 17.6 Å². The topological polar surface area (TPSA) is 66.5 Å². The van der Waals surface area contributed by atoms with Crippen molar-refractivity contribution in [3.05, 3.63) is 59.4 Å². The highest BCUT2D eigenvalue weighted by molar-refractivity contribution is 7.92. The smallest absolute Gasteiger partial charge is 0.264 e. The molecule has 0 radical (unpaired) electrons. The molecule has 28 heavy (non-hydrogen) atoms. The number of hydrogen-bond acceptors (Lipinski definition) is 3. The van der Waals surface area contributed by atoms with Crippen molar-refractivity contribution in [2.24, 2.45) is 0 Å². The summed E-state index contributed by atoms with van der Waals surface area (Å²) in [6.45, 7) is 5.85. The monoisotopic (exact) mass is 404 g/mol. The van der Waals surface area contributed by atoms with Gasteiger partial charge in [0.2, 0.25) is 0 Å². The van der Waals surface area contributed by atoms with E-state index < -0.39 is 15.8 Å². The van der Waals surface area contributed by atoms with Gasteiger partial charge in [-0.05, 0) is 74.7 Å². The Morgan fingerprint density at radius 1 is 1.25 bits per heavy atom. The van der Waals surface area contributed by atoms with Crippen LogP contribution in [0.4, 0.5) is 10.1 Å². The van der Waals surface area contributed by atoms with E-state index in [0.29, 0.717) is 17.7 Å². The summed E-state index contributed by atoms with van der Waals surface area (Å²) in [4.78, 5) is 12.5. The second kappa shape index (κ2) is 7.91. The van der Waals surface area contributed by atoms with Crippen LogP contribution in [0.1, 0.15) is 49.5 Å². The molecule has 0 aliphatic carbocycles. The first kappa shape index (κ1) is 20.3. The number of hydrogen-bond donors (Lipinski definition) is 1. The molecular weight excluding hydrogens is 379 g/mol. The Hall–Kier alpha value is -2.41. The fraction of sp³-hybridized carbons (Fsp3) is 0.381. The molecule has 7 heteroatoms. The summed E-state index contributed by atoms with van der Waals surface area (Å²) in [5, 5.41) is 2.97. The Kier molecular flexibility index (Phi) is 5.74. The van der Waals surface area contributed by atoms with Gasteiger partial charge < -0.3 is 5.32 Å². The van der Waals surface area contributed by atoms with Crippen LogP contribution >= 0.6 is 0 Å². The first-order valence-electron chi connectivity index (χ1n) is 9.47. The van der Waals surface area contributed by atoms with Crippen LogP contribution in [0.2, 0.25) is 0 Å². The highest BCUT2D eigenvalue weighted by Gasteiger charge is 2.36. The van der Waals surface area contributed by atoms with Crippen molar-refractivity contribution in [1.82, 2.24) is 5.32 Å². The fourth-order valence-corrected chi connectivity index (χ4v) is 5.34. The maximum Gasteiger partial charge on any atom is 0.264 e. The van der Waals surface area contributed by atoms with Crippen molar-refractivity contribution < 1.29 is 17.6 Å². The molecule has 1 aliphatic rings. The molecule has 0 unspecified atom stereocenters. The molecule has 1 amide bonds. The maximum atomic E-state index is 13.2. The second-order valence-electron chi connectivity index (χ2n) is 7.31. The van der Waals surface area contributed by atoms with E-state index in [4.69, 9.17) is 0 Å². The number of benzene rings is 2. The number of sulfonamides is 1. The quantitative estimate of drug-likeness (QED) is 0.794. The Morgan fingerprint density at radius 3 is 2.57 bits per heavy atom. The number of anilines is 1. The molecule has 1 heterocycles. The van der Waals surface area contributed by atoms with Crippen LogP contribution in [0.3, 0.4) is 0 Å². The van der Waals surface area contributed by atoms with Gasteiger partial charge in [0.15, 0.2) is 0 Å². The van der Waals surface area contributed by atoms with Crippen LogP contribution in [-0.4, -0.2) is 26.4 Å². The van der Waals surface area contributed by atoms with Gasteiger partial charge in [0.25, 0.3) is 15.9 Å². The third-order valence-corrected chi connectivity index (χ3v) is 6.91. The lowest BCUT2D eigenvalue weighted by Crippen LogP contribution is -2.35. The van der Waals surface area contributed by atoms with Crippen LogP contribution < -0.4 is 9.62 Å². The van der Waals surface area contributed by atoms with Crippen LogP contribution in [0.15, 0.2) is 47.4 Å². The number of halogens is 1. The minimum atomic E-state index is -3.81. The molecule has 0 saturated carbocycles. The number of nitrogens with zero attached hydrogens (tertiary/aromatic N) is 1. The highest BCUT2D eigenvalue weighted by Crippen LogP contribution is 2.37. The number of carbonyl (C=O) groups is 1. The molecule has 0 aromatic heterocycles. The fourth-order valence-electron chi connectivity index (χ4n) is 3.64. The lowest BCUT2D eigenvalue weighted by molar-refractivity contribution is 0.0938. The molecule has 2 atom stereocenters. The van der Waals surface area contributed by atoms with Crippen LogP contribution in [0.5, 0.6) is 0 Å². The van der Waals surface area contributed by atoms with Crippen molar-refractivity contribution in [2.45, 2.75) is 57.0 Å². The van der Waals surface area contributed by atoms with E-state index >= 15 is 0 Å². The molecule has 3 rings (SSSR count). The van der Waals surface area contributed by atoms with E-state index in [0.717, 1.165) is 30.5 Å². The SMILES string of the molecule is CCC[C@H](C)NC(=O)c1ccc2c(c1)C[C@@H](C)N2S(=O)(=O)c1ccc(F)cc1. The van der Waals surface area contributed by atoms with Gasteiger partial charge in [-0.3, -0.25) is 9.10 Å². The lowest BCUT2D eigenvalue weighted by atomic mass is 10.1. The van der Waals surface area contributed by atoms with Gasteiger partial charge in [-0.1, -0.05) is 13.3 Å². The molecule has 0 spiro atoms. The molecule has 5 nitrogen and oxygen atoms in total. The van der Waals surface area contributed by atoms with Crippen LogP contribution in [0, 0.1) is 5.82 Å². The van der Waals surface area contributed by atoms with E-state index in [9.17, 15) is 17.6 Å². The Morgan fingerprint density at radius 2 is 1.93 bits per heavy atom. The van der Waals surface area contributed by atoms with Crippen LogP contribution in [0.25, 0.3) is 0 Å². The van der Waals surface area contributed by atoms with E-state index in [1.54, 1.807) is 18.2 Å². The van der Waals surface area contributed by atoms with Gasteiger partial charge >= 0.3 is 0 Å². The van der Waals surface area contributed by atoms with Crippen molar-refractivity contribution in [3.63, 3.8) is 0 Å². The van der Waals surface area contributed by atoms with Gasteiger partial charge in [-0.25, -0.2) is 12.8 Å². The van der Waals surface area contributed by atoms with E-state index in [1.165, 1.54) is 16.4 Å². The lowest BCUT2D eigenvalue weighted by Gasteiger charge is -2.24. The minimum Gasteiger partial charge on any atom is -0.350 e. The summed E-state index contributed by atoms with van der Waals surface area (Å²) in [6.07, 6.45) is 2.40. The summed E-state index contributed by atoms with van der Waals surface area (Å²) in [7, 11) is -3.81. The largest absolute Gasteiger partial charge is 0.350 e. The van der Waals surface area contributed by atoms with Crippen LogP contribution in [-0.2, 0) is 16.4 Å². The Labute approximate surface area is 165 Å². The van der Waals surface area contributed by atoms with Gasteiger partial charge in [0.1, 0.15) is 5.82 Å². The zero-order valence-electron chi connectivity index (χ0n) is 16.3. The highest BCUT2D eigenvalue weighted by atomic mass is 32.2. The van der Waals surface area contributed by atoms with E-state index in [2.05, 4.69) is 12.2 Å². The zero-order chi connectivity index (χ0) is 20.5. The van der Waals surface area contributed by atoms with E-state index in [1.807, 2.05) is 13.8 Å². The Balaban J connectivity index is 1.90. The summed E-state index contributed by atoms with van der Waals surface area (Å²) in [6, 6.07) is 9.71. The average molecular weight is 405 g/mol. The number of fused-ring (bicyclic) bond motifs is 1. The van der Waals surface area contributed by atoms with Gasteiger partial charge in [-0.2, -0.15) is 0 Å². The molecule has 1 N–H and O–H groups in total. The number of amides is 1. The first-order valence-corrected chi connectivity index (χ1v) is 10.9. The minimum absolute atomic E-state index is 0.0452. The van der Waals surface area contributed by atoms with Gasteiger partial charge in [-0.15, -0.1) is 0 Å². The molecule has 2 aromatic rings. The summed E-state index contributed by atoms with van der Waals surface area (Å²) < 4.78 is 40.7. The average Bonchev–Trinajstić information content (AvgIpc) is 2.97. The summed E-state index contributed by atoms with van der Waals surface area (Å²) in [5.74, 6) is -0.641. The third-order valence-electron chi connectivity index (χ3n) is 4.96.